The number of aliphatic hydroxyl groups is 1. The molecule has 2 amide bonds. The quantitative estimate of drug-likeness (QED) is 0.171. The van der Waals surface area contributed by atoms with Crippen LogP contribution in [0.15, 0.2) is 72.8 Å². The van der Waals surface area contributed by atoms with Crippen molar-refractivity contribution in [2.45, 2.75) is 32.2 Å². The highest BCUT2D eigenvalue weighted by Gasteiger charge is 2.25. The lowest BCUT2D eigenvalue weighted by atomic mass is 10.1. The van der Waals surface area contributed by atoms with Crippen molar-refractivity contribution < 1.29 is 24.6 Å². The molecule has 0 aliphatic heterocycles. The third-order valence-electron chi connectivity index (χ3n) is 5.58. The van der Waals surface area contributed by atoms with Crippen molar-refractivity contribution in [3.05, 3.63) is 101 Å². The highest BCUT2D eigenvalue weighted by molar-refractivity contribution is 5.97. The zero-order valence-electron chi connectivity index (χ0n) is 21.1. The van der Waals surface area contributed by atoms with Gasteiger partial charge in [0.1, 0.15) is 11.8 Å². The van der Waals surface area contributed by atoms with Gasteiger partial charge >= 0.3 is 0 Å². The number of nitrogens with one attached hydrogen (secondary N) is 3. The summed E-state index contributed by atoms with van der Waals surface area (Å²) in [4.78, 5) is 23.9. The van der Waals surface area contributed by atoms with Crippen molar-refractivity contribution in [3.63, 3.8) is 0 Å². The van der Waals surface area contributed by atoms with E-state index in [1.54, 1.807) is 31.4 Å². The van der Waals surface area contributed by atoms with Crippen molar-refractivity contribution in [3.8, 4) is 29.4 Å². The fourth-order valence-electron chi connectivity index (χ4n) is 3.51. The van der Waals surface area contributed by atoms with Crippen LogP contribution in [0.2, 0.25) is 0 Å². The molecule has 0 fully saturated rings. The van der Waals surface area contributed by atoms with Gasteiger partial charge in [0.15, 0.2) is 0 Å². The lowest BCUT2D eigenvalue weighted by Gasteiger charge is -2.19. The number of rotatable bonds is 9. The summed E-state index contributed by atoms with van der Waals surface area (Å²) < 4.78 is 5.37. The molecule has 3 aromatic rings. The van der Waals surface area contributed by atoms with E-state index in [-0.39, 0.29) is 5.56 Å². The van der Waals surface area contributed by atoms with Crippen molar-refractivity contribution in [2.24, 2.45) is 0 Å². The third-order valence-corrected chi connectivity index (χ3v) is 5.58. The van der Waals surface area contributed by atoms with E-state index in [4.69, 9.17) is 9.94 Å². The van der Waals surface area contributed by atoms with Crippen molar-refractivity contribution >= 4 is 11.8 Å². The SMILES string of the molecule is COc1ccccc1CNCc1ccc(C#CC#Cc2ccc(C(=O)N[C@H](C(=O)NO)[C@@H](C)O)cc2)cc1. The number of para-hydroxylation sites is 1. The van der Waals surface area contributed by atoms with Crippen molar-refractivity contribution in [1.29, 1.82) is 0 Å². The highest BCUT2D eigenvalue weighted by Crippen LogP contribution is 2.17. The van der Waals surface area contributed by atoms with E-state index in [1.165, 1.54) is 12.4 Å². The molecule has 8 heteroatoms. The monoisotopic (exact) mass is 511 g/mol. The Morgan fingerprint density at radius 3 is 2.08 bits per heavy atom. The van der Waals surface area contributed by atoms with Gasteiger partial charge in [-0.3, -0.25) is 14.8 Å². The van der Waals surface area contributed by atoms with E-state index in [1.807, 2.05) is 48.5 Å². The second kappa shape index (κ2) is 14.2. The van der Waals surface area contributed by atoms with Gasteiger partial charge in [-0.25, -0.2) is 5.48 Å². The predicted molar refractivity (Wildman–Crippen MR) is 143 cm³/mol. The summed E-state index contributed by atoms with van der Waals surface area (Å²) in [6, 6.07) is 20.9. The summed E-state index contributed by atoms with van der Waals surface area (Å²) in [6.07, 6.45) is -1.19. The van der Waals surface area contributed by atoms with Crippen LogP contribution in [-0.2, 0) is 17.9 Å². The molecule has 194 valence electrons. The number of benzene rings is 3. The first kappa shape index (κ1) is 28.0. The Morgan fingerprint density at radius 1 is 0.895 bits per heavy atom. The fourth-order valence-corrected chi connectivity index (χ4v) is 3.51. The Bertz CT molecular complexity index is 1360. The Kier molecular flexibility index (Phi) is 10.5. The lowest BCUT2D eigenvalue weighted by molar-refractivity contribution is -0.133. The topological polar surface area (TPSA) is 120 Å². The Labute approximate surface area is 222 Å². The molecule has 0 saturated carbocycles. The molecule has 0 radical (unpaired) electrons. The predicted octanol–water partition coefficient (Wildman–Crippen LogP) is 2.37. The van der Waals surface area contributed by atoms with Crippen LogP contribution in [0.25, 0.3) is 0 Å². The number of aliphatic hydroxyl groups excluding tert-OH is 1. The van der Waals surface area contributed by atoms with Gasteiger partial charge in [-0.2, -0.15) is 0 Å². The first-order valence-electron chi connectivity index (χ1n) is 11.9. The molecule has 38 heavy (non-hydrogen) atoms. The number of amides is 2. The molecular formula is C30H29N3O5. The minimum absolute atomic E-state index is 0.274. The molecule has 8 nitrogen and oxygen atoms in total. The average Bonchev–Trinajstić information content (AvgIpc) is 2.94. The third kappa shape index (κ3) is 8.22. The summed E-state index contributed by atoms with van der Waals surface area (Å²) in [7, 11) is 1.67. The van der Waals surface area contributed by atoms with Crippen LogP contribution in [0.4, 0.5) is 0 Å². The van der Waals surface area contributed by atoms with E-state index in [0.29, 0.717) is 18.7 Å². The minimum atomic E-state index is -1.29. The lowest BCUT2D eigenvalue weighted by Crippen LogP contribution is -2.51. The standard InChI is InChI=1S/C30H29N3O5/c1-21(34)28(30(36)33-37)32-29(35)25-17-15-23(16-18-25)8-4-3-7-22-11-13-24(14-12-22)19-31-20-26-9-5-6-10-27(26)38-2/h5-6,9-18,21,28,31,34,37H,19-20H2,1-2H3,(H,32,35)(H,33,36)/t21-,28+/m1/s1. The van der Waals surface area contributed by atoms with Crippen molar-refractivity contribution in [2.75, 3.05) is 7.11 Å². The number of carbonyl (C=O) groups excluding carboxylic acids is 2. The van der Waals surface area contributed by atoms with Crippen LogP contribution >= 0.6 is 0 Å². The smallest absolute Gasteiger partial charge is 0.268 e. The molecule has 3 rings (SSSR count). The summed E-state index contributed by atoms with van der Waals surface area (Å²) >= 11 is 0. The van der Waals surface area contributed by atoms with E-state index in [0.717, 1.165) is 22.4 Å². The van der Waals surface area contributed by atoms with Gasteiger partial charge in [-0.15, -0.1) is 0 Å². The van der Waals surface area contributed by atoms with E-state index < -0.39 is 24.0 Å². The van der Waals surface area contributed by atoms with Gasteiger partial charge in [0, 0.05) is 35.3 Å². The molecule has 3 aromatic carbocycles. The maximum atomic E-state index is 12.3. The Hall–Kier alpha value is -4.60. The number of carbonyl (C=O) groups is 2. The minimum Gasteiger partial charge on any atom is -0.496 e. The maximum absolute atomic E-state index is 12.3. The van der Waals surface area contributed by atoms with E-state index >= 15 is 0 Å². The Balaban J connectivity index is 1.51. The normalized spacial score (nSPS) is 11.6. The molecule has 5 N–H and O–H groups in total. The summed E-state index contributed by atoms with van der Waals surface area (Å²) in [5, 5.41) is 24.2. The zero-order chi connectivity index (χ0) is 27.3. The van der Waals surface area contributed by atoms with Crippen LogP contribution in [-0.4, -0.2) is 41.4 Å². The van der Waals surface area contributed by atoms with Gasteiger partial charge in [0.25, 0.3) is 11.8 Å². The number of hydrogen-bond donors (Lipinski definition) is 5. The molecular weight excluding hydrogens is 482 g/mol. The van der Waals surface area contributed by atoms with Crippen molar-refractivity contribution in [1.82, 2.24) is 16.1 Å². The van der Waals surface area contributed by atoms with Crippen LogP contribution in [0.1, 0.15) is 39.5 Å². The largest absolute Gasteiger partial charge is 0.496 e. The summed E-state index contributed by atoms with van der Waals surface area (Å²) in [5.41, 5.74) is 5.44. The molecule has 0 bridgehead atoms. The van der Waals surface area contributed by atoms with E-state index in [2.05, 4.69) is 34.3 Å². The van der Waals surface area contributed by atoms with Gasteiger partial charge in [0.05, 0.1) is 13.2 Å². The van der Waals surface area contributed by atoms with Gasteiger partial charge in [0.2, 0.25) is 0 Å². The number of hydroxylamine groups is 1. The van der Waals surface area contributed by atoms with Crippen LogP contribution < -0.4 is 20.9 Å². The van der Waals surface area contributed by atoms with Gasteiger partial charge in [-0.1, -0.05) is 42.2 Å². The molecule has 0 heterocycles. The van der Waals surface area contributed by atoms with Gasteiger partial charge in [-0.05, 0) is 66.8 Å². The molecule has 0 spiro atoms. The zero-order valence-corrected chi connectivity index (χ0v) is 21.1. The molecule has 0 unspecified atom stereocenters. The molecule has 0 aliphatic carbocycles. The maximum Gasteiger partial charge on any atom is 0.268 e. The molecule has 0 aromatic heterocycles. The first-order valence-corrected chi connectivity index (χ1v) is 11.9. The average molecular weight is 512 g/mol. The second-order valence-electron chi connectivity index (χ2n) is 8.36. The molecule has 2 atom stereocenters. The van der Waals surface area contributed by atoms with Crippen LogP contribution in [0.3, 0.4) is 0 Å². The number of ether oxygens (including phenoxy) is 1. The molecule has 0 aliphatic rings. The first-order chi connectivity index (χ1) is 18.4. The number of methoxy groups -OCH3 is 1. The van der Waals surface area contributed by atoms with Crippen LogP contribution in [0, 0.1) is 23.7 Å². The summed E-state index contributed by atoms with van der Waals surface area (Å²) in [5.74, 6) is 10.9. The summed E-state index contributed by atoms with van der Waals surface area (Å²) in [6.45, 7) is 2.75. The van der Waals surface area contributed by atoms with Crippen LogP contribution in [0.5, 0.6) is 5.75 Å². The Morgan fingerprint density at radius 2 is 1.50 bits per heavy atom. The van der Waals surface area contributed by atoms with E-state index in [9.17, 15) is 14.7 Å². The highest BCUT2D eigenvalue weighted by atomic mass is 16.5. The molecule has 0 saturated heterocycles. The second-order valence-corrected chi connectivity index (χ2v) is 8.36. The van der Waals surface area contributed by atoms with Gasteiger partial charge < -0.3 is 20.5 Å². The number of hydrogen-bond acceptors (Lipinski definition) is 6. The fraction of sp³-hybridized carbons (Fsp3) is 0.200.